The zero-order chi connectivity index (χ0) is 34.9. The number of ether oxygens (including phenoxy) is 2. The zero-order valence-corrected chi connectivity index (χ0v) is 28.7. The van der Waals surface area contributed by atoms with E-state index in [4.69, 9.17) is 14.5 Å². The second-order valence-corrected chi connectivity index (χ2v) is 13.8. The summed E-state index contributed by atoms with van der Waals surface area (Å²) >= 11 is 0. The maximum absolute atomic E-state index is 6.96. The SMILES string of the molecule is c1ccc(C2(c3ccccc3)c3ccccc3-c3cc4c(cc32)Oc2cccc(-c3ccccc3-c3ccc5ccc6ccccc6c5n3)c2O4)cc1. The normalized spacial score (nSPS) is 13.4. The minimum absolute atomic E-state index is 0.522. The number of hydrogen-bond acceptors (Lipinski definition) is 3. The molecule has 3 nitrogen and oxygen atoms in total. The molecular weight excluding hydrogens is 647 g/mol. The van der Waals surface area contributed by atoms with Gasteiger partial charge in [0, 0.05) is 21.9 Å². The van der Waals surface area contributed by atoms with Crippen LogP contribution in [0.4, 0.5) is 0 Å². The van der Waals surface area contributed by atoms with Crippen molar-refractivity contribution < 1.29 is 9.47 Å². The van der Waals surface area contributed by atoms with Gasteiger partial charge in [0.15, 0.2) is 23.0 Å². The smallest absolute Gasteiger partial charge is 0.177 e. The molecule has 1 aromatic heterocycles. The van der Waals surface area contributed by atoms with Crippen molar-refractivity contribution in [2.45, 2.75) is 5.41 Å². The third kappa shape index (κ3) is 4.38. The number of pyridine rings is 1. The van der Waals surface area contributed by atoms with E-state index in [1.165, 1.54) is 33.2 Å². The molecule has 0 amide bonds. The van der Waals surface area contributed by atoms with Crippen molar-refractivity contribution in [3.05, 3.63) is 210 Å². The number of fused-ring (bicyclic) bond motifs is 8. The van der Waals surface area contributed by atoms with Crippen molar-refractivity contribution >= 4 is 21.7 Å². The summed E-state index contributed by atoms with van der Waals surface area (Å²) in [5, 5.41) is 3.44. The molecule has 0 atom stereocenters. The van der Waals surface area contributed by atoms with Gasteiger partial charge in [-0.3, -0.25) is 0 Å². The number of para-hydroxylation sites is 1. The Morgan fingerprint density at radius 1 is 0.377 bits per heavy atom. The van der Waals surface area contributed by atoms with Gasteiger partial charge in [-0.05, 0) is 68.6 Å². The Morgan fingerprint density at radius 2 is 1.00 bits per heavy atom. The van der Waals surface area contributed by atoms with Gasteiger partial charge in [0.2, 0.25) is 0 Å². The lowest BCUT2D eigenvalue weighted by Crippen LogP contribution is -2.28. The van der Waals surface area contributed by atoms with E-state index in [0.29, 0.717) is 23.0 Å². The molecule has 0 radical (unpaired) electrons. The third-order valence-corrected chi connectivity index (χ3v) is 11.0. The Balaban J connectivity index is 1.07. The third-order valence-electron chi connectivity index (χ3n) is 11.0. The highest BCUT2D eigenvalue weighted by atomic mass is 16.6. The molecule has 11 rings (SSSR count). The molecule has 0 fully saturated rings. The summed E-state index contributed by atoms with van der Waals surface area (Å²) in [5.74, 6) is 2.78. The fourth-order valence-corrected chi connectivity index (χ4v) is 8.70. The summed E-state index contributed by atoms with van der Waals surface area (Å²) in [7, 11) is 0. The van der Waals surface area contributed by atoms with Gasteiger partial charge in [-0.25, -0.2) is 4.98 Å². The largest absolute Gasteiger partial charge is 0.449 e. The summed E-state index contributed by atoms with van der Waals surface area (Å²) in [6, 6.07) is 66.4. The highest BCUT2D eigenvalue weighted by Crippen LogP contribution is 2.60. The molecule has 2 heterocycles. The van der Waals surface area contributed by atoms with Gasteiger partial charge in [0.25, 0.3) is 0 Å². The number of aromatic nitrogens is 1. The molecule has 0 bridgehead atoms. The van der Waals surface area contributed by atoms with Gasteiger partial charge >= 0.3 is 0 Å². The van der Waals surface area contributed by atoms with Crippen molar-refractivity contribution in [2.24, 2.45) is 0 Å². The van der Waals surface area contributed by atoms with Crippen LogP contribution in [0.2, 0.25) is 0 Å². The van der Waals surface area contributed by atoms with Gasteiger partial charge in [-0.1, -0.05) is 164 Å². The maximum Gasteiger partial charge on any atom is 0.177 e. The van der Waals surface area contributed by atoms with Crippen LogP contribution in [-0.4, -0.2) is 4.98 Å². The van der Waals surface area contributed by atoms with E-state index in [0.717, 1.165) is 44.2 Å². The molecule has 0 saturated carbocycles. The van der Waals surface area contributed by atoms with Crippen LogP contribution in [-0.2, 0) is 5.41 Å². The average Bonchev–Trinajstić information content (AvgIpc) is 3.52. The first kappa shape index (κ1) is 29.7. The molecule has 3 heteroatoms. The van der Waals surface area contributed by atoms with Gasteiger partial charge in [-0.2, -0.15) is 0 Å². The lowest BCUT2D eigenvalue weighted by atomic mass is 9.67. The molecule has 0 N–H and O–H groups in total. The van der Waals surface area contributed by atoms with Crippen molar-refractivity contribution in [1.29, 1.82) is 0 Å². The zero-order valence-electron chi connectivity index (χ0n) is 28.7. The minimum atomic E-state index is -0.522. The van der Waals surface area contributed by atoms with E-state index in [2.05, 4.69) is 176 Å². The quantitative estimate of drug-likeness (QED) is 0.174. The number of hydrogen-bond donors (Lipinski definition) is 0. The Labute approximate surface area is 307 Å². The molecule has 2 aliphatic rings. The molecule has 8 aromatic carbocycles. The molecule has 1 aliphatic carbocycles. The van der Waals surface area contributed by atoms with Crippen LogP contribution in [0.5, 0.6) is 23.0 Å². The lowest BCUT2D eigenvalue weighted by Gasteiger charge is -2.34. The predicted octanol–water partition coefficient (Wildman–Crippen LogP) is 13.0. The summed E-state index contributed by atoms with van der Waals surface area (Å²) < 4.78 is 13.8. The Hall–Kier alpha value is -6.97. The Morgan fingerprint density at radius 3 is 1.81 bits per heavy atom. The topological polar surface area (TPSA) is 31.4 Å². The monoisotopic (exact) mass is 677 g/mol. The van der Waals surface area contributed by atoms with Crippen LogP contribution in [0.3, 0.4) is 0 Å². The van der Waals surface area contributed by atoms with Gasteiger partial charge in [0.1, 0.15) is 0 Å². The highest BCUT2D eigenvalue weighted by Gasteiger charge is 2.47. The van der Waals surface area contributed by atoms with Gasteiger partial charge < -0.3 is 9.47 Å². The van der Waals surface area contributed by atoms with E-state index in [1.54, 1.807) is 0 Å². The maximum atomic E-state index is 6.96. The molecule has 0 unspecified atom stereocenters. The first-order valence-corrected chi connectivity index (χ1v) is 18.0. The number of nitrogens with zero attached hydrogens (tertiary/aromatic N) is 1. The van der Waals surface area contributed by atoms with Crippen molar-refractivity contribution in [1.82, 2.24) is 4.98 Å². The van der Waals surface area contributed by atoms with Crippen LogP contribution in [0.25, 0.3) is 55.2 Å². The van der Waals surface area contributed by atoms with E-state index in [9.17, 15) is 0 Å². The molecule has 0 spiro atoms. The standard InChI is InChI=1S/C50H31NO2/c1-3-15-34(16-4-1)50(35-17-5-2-6-18-35)42-24-12-11-21-38(42)41-30-46-47(31-43(41)50)52-45-25-13-23-40(49(45)53-46)37-20-9-10-22-39(37)44-29-28-33-27-26-32-14-7-8-19-36(32)48(33)51-44/h1-31H. The van der Waals surface area contributed by atoms with Crippen LogP contribution < -0.4 is 9.47 Å². The fraction of sp³-hybridized carbons (Fsp3) is 0.0200. The van der Waals surface area contributed by atoms with Crippen LogP contribution >= 0.6 is 0 Å². The first-order valence-electron chi connectivity index (χ1n) is 18.0. The van der Waals surface area contributed by atoms with Gasteiger partial charge in [-0.15, -0.1) is 0 Å². The summed E-state index contributed by atoms with van der Waals surface area (Å²) in [4.78, 5) is 5.26. The van der Waals surface area contributed by atoms with E-state index in [1.807, 2.05) is 12.1 Å². The first-order chi connectivity index (χ1) is 26.3. The number of benzene rings is 8. The molecular formula is C50H31NO2. The summed E-state index contributed by atoms with van der Waals surface area (Å²) in [5.41, 5.74) is 11.6. The molecule has 53 heavy (non-hydrogen) atoms. The summed E-state index contributed by atoms with van der Waals surface area (Å²) in [6.07, 6.45) is 0. The lowest BCUT2D eigenvalue weighted by molar-refractivity contribution is 0.360. The summed E-state index contributed by atoms with van der Waals surface area (Å²) in [6.45, 7) is 0. The molecule has 1 aliphatic heterocycles. The van der Waals surface area contributed by atoms with E-state index >= 15 is 0 Å². The minimum Gasteiger partial charge on any atom is -0.449 e. The highest BCUT2D eigenvalue weighted by molar-refractivity contribution is 6.06. The van der Waals surface area contributed by atoms with Crippen molar-refractivity contribution in [3.63, 3.8) is 0 Å². The number of rotatable bonds is 4. The Kier molecular flexibility index (Phi) is 6.47. The van der Waals surface area contributed by atoms with Crippen molar-refractivity contribution in [2.75, 3.05) is 0 Å². The average molecular weight is 678 g/mol. The van der Waals surface area contributed by atoms with E-state index in [-0.39, 0.29) is 0 Å². The molecule has 9 aromatic rings. The molecule has 248 valence electrons. The van der Waals surface area contributed by atoms with Crippen molar-refractivity contribution in [3.8, 4) is 56.5 Å². The molecule has 0 saturated heterocycles. The van der Waals surface area contributed by atoms with Crippen LogP contribution in [0.15, 0.2) is 188 Å². The second-order valence-electron chi connectivity index (χ2n) is 13.8. The van der Waals surface area contributed by atoms with Gasteiger partial charge in [0.05, 0.1) is 16.6 Å². The van der Waals surface area contributed by atoms with Crippen LogP contribution in [0.1, 0.15) is 22.3 Å². The van der Waals surface area contributed by atoms with E-state index < -0.39 is 5.41 Å². The predicted molar refractivity (Wildman–Crippen MR) is 214 cm³/mol. The fourth-order valence-electron chi connectivity index (χ4n) is 8.70. The Bertz CT molecular complexity index is 2860. The second kappa shape index (κ2) is 11.5. The van der Waals surface area contributed by atoms with Crippen LogP contribution in [0, 0.1) is 0 Å².